The summed E-state index contributed by atoms with van der Waals surface area (Å²) in [6, 6.07) is 55.8. The molecular weight excluding hydrogens is 1610 g/mol. The lowest BCUT2D eigenvalue weighted by atomic mass is 10.0. The summed E-state index contributed by atoms with van der Waals surface area (Å²) in [6.45, 7) is 8.04. The smallest absolute Gasteiger partial charge is 0.416 e. The summed E-state index contributed by atoms with van der Waals surface area (Å²) in [5.74, 6) is 3.32. The molecule has 7 aromatic carbocycles. The van der Waals surface area contributed by atoms with Crippen molar-refractivity contribution in [2.24, 2.45) is 0 Å². The van der Waals surface area contributed by atoms with Gasteiger partial charge >= 0.3 is 18.5 Å². The van der Waals surface area contributed by atoms with Crippen molar-refractivity contribution in [3.63, 3.8) is 0 Å². The van der Waals surface area contributed by atoms with Crippen molar-refractivity contribution in [3.05, 3.63) is 264 Å². The average Bonchev–Trinajstić information content (AvgIpc) is 1.65. The molecule has 0 aliphatic rings. The fourth-order valence-electron chi connectivity index (χ4n) is 11.9. The number of pyridine rings is 1. The molecule has 0 unspecified atom stereocenters. The first-order valence-corrected chi connectivity index (χ1v) is 38.8. The van der Waals surface area contributed by atoms with Gasteiger partial charge < -0.3 is 54.5 Å². The lowest BCUT2D eigenvalue weighted by Crippen LogP contribution is -2.11. The number of alkyl halides is 9. The highest BCUT2D eigenvalue weighted by Crippen LogP contribution is 2.40. The van der Waals surface area contributed by atoms with E-state index in [1.54, 1.807) is 82.1 Å². The van der Waals surface area contributed by atoms with Gasteiger partial charge in [0.25, 0.3) is 10.0 Å². The van der Waals surface area contributed by atoms with Gasteiger partial charge in [-0.15, -0.1) is 0 Å². The van der Waals surface area contributed by atoms with E-state index in [-0.39, 0.29) is 45.9 Å². The van der Waals surface area contributed by atoms with Crippen molar-refractivity contribution in [1.82, 2.24) is 68.8 Å². The molecule has 0 radical (unpaired) electrons. The molecule has 0 fully saturated rings. The molecule has 0 saturated carbocycles. The number of para-hydroxylation sites is 1. The monoisotopic (exact) mass is 1690 g/mol. The van der Waals surface area contributed by atoms with Crippen LogP contribution in [-0.2, 0) is 54.2 Å². The van der Waals surface area contributed by atoms with Crippen molar-refractivity contribution in [2.45, 2.75) is 76.8 Å². The summed E-state index contributed by atoms with van der Waals surface area (Å²) in [6.07, 6.45) is -5.78. The minimum atomic E-state index is -4.93. The number of halogens is 9. The number of aromatic nitrogens is 14. The van der Waals surface area contributed by atoms with Crippen LogP contribution in [0.25, 0.3) is 89.2 Å². The first-order valence-electron chi connectivity index (χ1n) is 37.3. The van der Waals surface area contributed by atoms with Gasteiger partial charge in [-0.1, -0.05) is 100 Å². The normalized spacial score (nSPS) is 11.2. The van der Waals surface area contributed by atoms with Crippen LogP contribution in [0.15, 0.2) is 230 Å². The minimum Gasteiger partial charge on any atom is -0.497 e. The molecule has 122 heavy (non-hydrogen) atoms. The third-order valence-electron chi connectivity index (χ3n) is 18.0. The van der Waals surface area contributed by atoms with Crippen LogP contribution < -0.4 is 54.5 Å². The largest absolute Gasteiger partial charge is 0.497 e. The van der Waals surface area contributed by atoms with E-state index in [0.717, 1.165) is 121 Å². The maximum absolute atomic E-state index is 12.9. The molecule has 26 nitrogen and oxygen atoms in total. The number of fused-ring (bicyclic) bond motifs is 2. The molecule has 630 valence electrons. The van der Waals surface area contributed by atoms with E-state index >= 15 is 0 Å². The average molecular weight is 1690 g/mol. The van der Waals surface area contributed by atoms with Gasteiger partial charge in [0.05, 0.1) is 75.5 Å². The van der Waals surface area contributed by atoms with Crippen LogP contribution in [0.1, 0.15) is 67.2 Å². The number of nitrogens with two attached hydrogens (primary N) is 6. The van der Waals surface area contributed by atoms with Gasteiger partial charge in [-0.25, -0.2) is 62.2 Å². The van der Waals surface area contributed by atoms with E-state index in [9.17, 15) is 47.9 Å². The van der Waals surface area contributed by atoms with Crippen LogP contribution in [0.3, 0.4) is 0 Å². The van der Waals surface area contributed by atoms with Crippen molar-refractivity contribution >= 4 is 79.0 Å². The molecule has 36 heteroatoms. The standard InChI is InChI=1S/C19H17N5O2S.C15H14N4.C13H10F6N4.C13H12F3N3.2C13H15N3O/c1-21-18-12-16(22-19(20)23-18)13-7-8-17-14(11-13)9-10-24(17)27(25,26)15-5-3-2-4-6-15;1-2-11-7-14(19-15(16)18-11)13-9-17-8-10-5-3-4-6-12(10)13;1-21-10-5-9(22-11(20)23-10)6-2-7(12(14,15)16)4-8(3-6)13(17,18)19;1-2-10-7-11(19-12(17)18-10)8-3-5-9(6-4-8)13(14,15)16;1-3-10-8-12(16-13(14)15-10)9-4-6-11(17-2)7-5-9;1-3-9-8-11(16-13(14)15-9)10-6-4-5-7-12(10)17-2/h2-12H,1H3,(H3,20,21,22,23);3-9H,2H2,1H3,(H2,16,18,19);2-5H,1H3,(H3,20,21,22,23);3-7H,2H2,1H3,(H2,17,18,19);2*4-8H,3H2,1-2H3,(H2,14,15,16). The number of benzene rings is 7. The topological polar surface area (TPSA) is 405 Å². The third kappa shape index (κ3) is 23.4. The Morgan fingerprint density at radius 2 is 0.779 bits per heavy atom. The molecule has 0 aliphatic heterocycles. The predicted octanol–water partition coefficient (Wildman–Crippen LogP) is 17.5. The number of aryl methyl sites for hydroxylation is 4. The van der Waals surface area contributed by atoms with Crippen LogP contribution in [0.2, 0.25) is 0 Å². The van der Waals surface area contributed by atoms with E-state index in [0.29, 0.717) is 64.7 Å². The fourth-order valence-corrected chi connectivity index (χ4v) is 13.3. The van der Waals surface area contributed by atoms with E-state index < -0.39 is 45.2 Å². The maximum Gasteiger partial charge on any atom is 0.416 e. The summed E-state index contributed by atoms with van der Waals surface area (Å²) in [5.41, 5.74) is 42.0. The van der Waals surface area contributed by atoms with Crippen molar-refractivity contribution in [1.29, 1.82) is 0 Å². The Hall–Kier alpha value is -14.7. The Kier molecular flexibility index (Phi) is 29.2. The quantitative estimate of drug-likeness (QED) is 0.0416. The molecule has 8 aromatic heterocycles. The van der Waals surface area contributed by atoms with Gasteiger partial charge in [-0.3, -0.25) is 4.98 Å². The maximum atomic E-state index is 12.9. The van der Waals surface area contributed by atoms with Crippen LogP contribution in [0, 0.1) is 0 Å². The SMILES string of the molecule is CCc1cc(-c2ccc(C(F)(F)F)cc2)nc(N)n1.CCc1cc(-c2ccc(OC)cc2)nc(N)n1.CCc1cc(-c2ccccc2OC)nc(N)n1.CCc1cc(-c2cncc3ccccc23)nc(N)n1.CNc1cc(-c2cc(C(F)(F)F)cc(C(F)(F)F)c2)nc(N)n1.CNc1cc(-c2ccc3c(ccn3S(=O)(=O)c3ccccc3)c2)nc(N)n1. The first kappa shape index (κ1) is 89.6. The van der Waals surface area contributed by atoms with Gasteiger partial charge in [0, 0.05) is 112 Å². The molecule has 8 heterocycles. The molecule has 0 atom stereocenters. The number of hydrogen-bond acceptors (Lipinski definition) is 25. The second kappa shape index (κ2) is 39.7. The first-order chi connectivity index (χ1) is 58.1. The molecule has 0 saturated heterocycles. The Labute approximate surface area is 695 Å². The predicted molar refractivity (Wildman–Crippen MR) is 456 cm³/mol. The molecule has 0 bridgehead atoms. The number of nitrogen functional groups attached to an aromatic ring is 6. The molecule has 14 N–H and O–H groups in total. The molecule has 15 aromatic rings. The van der Waals surface area contributed by atoms with Gasteiger partial charge in [0.15, 0.2) is 0 Å². The lowest BCUT2D eigenvalue weighted by molar-refractivity contribution is -0.143. The van der Waals surface area contributed by atoms with Crippen LogP contribution in [0.4, 0.5) is 86.8 Å². The second-order valence-corrected chi connectivity index (χ2v) is 28.0. The summed E-state index contributed by atoms with van der Waals surface area (Å²) in [4.78, 5) is 53.7. The van der Waals surface area contributed by atoms with E-state index in [2.05, 4.69) is 81.5 Å². The lowest BCUT2D eigenvalue weighted by Gasteiger charge is -2.14. The Balaban J connectivity index is 0.000000155. The number of hydrogen-bond donors (Lipinski definition) is 8. The van der Waals surface area contributed by atoms with Gasteiger partial charge in [0.2, 0.25) is 35.7 Å². The molecule has 0 amide bonds. The van der Waals surface area contributed by atoms with Gasteiger partial charge in [-0.2, -0.15) is 49.5 Å². The number of ether oxygens (including phenoxy) is 2. The summed E-state index contributed by atoms with van der Waals surface area (Å²) >= 11 is 0. The molecule has 0 aliphatic carbocycles. The fraction of sp³-hybridized carbons (Fsp3) is 0.174. The zero-order valence-corrected chi connectivity index (χ0v) is 67.7. The summed E-state index contributed by atoms with van der Waals surface area (Å²) in [7, 11) is 2.86. The number of methoxy groups -OCH3 is 2. The van der Waals surface area contributed by atoms with E-state index in [1.807, 2.05) is 137 Å². The van der Waals surface area contributed by atoms with E-state index in [4.69, 9.17) is 43.9 Å². The highest BCUT2D eigenvalue weighted by molar-refractivity contribution is 7.90. The van der Waals surface area contributed by atoms with Crippen LogP contribution in [-0.4, -0.2) is 105 Å². The molecular formula is C86H83F9N22O4S. The van der Waals surface area contributed by atoms with Crippen LogP contribution in [0.5, 0.6) is 11.5 Å². The molecule has 15 rings (SSSR count). The highest BCUT2D eigenvalue weighted by Gasteiger charge is 2.37. The van der Waals surface area contributed by atoms with Gasteiger partial charge in [-0.05, 0) is 152 Å². The summed E-state index contributed by atoms with van der Waals surface area (Å²) < 4.78 is 152. The Morgan fingerprint density at radius 1 is 0.369 bits per heavy atom. The Morgan fingerprint density at radius 3 is 1.25 bits per heavy atom. The van der Waals surface area contributed by atoms with Gasteiger partial charge in [0.1, 0.15) is 23.1 Å². The Bertz CT molecular complexity index is 6190. The minimum absolute atomic E-state index is 0.0486. The van der Waals surface area contributed by atoms with Crippen molar-refractivity contribution < 1.29 is 57.4 Å². The van der Waals surface area contributed by atoms with Crippen molar-refractivity contribution in [3.8, 4) is 79.0 Å². The van der Waals surface area contributed by atoms with Crippen molar-refractivity contribution in [2.75, 3.05) is 73.4 Å². The number of anilines is 8. The number of rotatable bonds is 16. The van der Waals surface area contributed by atoms with Crippen LogP contribution >= 0.6 is 0 Å². The zero-order valence-electron chi connectivity index (χ0n) is 66.9. The molecule has 0 spiro atoms. The second-order valence-electron chi connectivity index (χ2n) is 26.2. The number of nitrogens with one attached hydrogen (secondary N) is 2. The zero-order chi connectivity index (χ0) is 88.2. The third-order valence-corrected chi connectivity index (χ3v) is 19.7. The highest BCUT2D eigenvalue weighted by atomic mass is 32.2. The number of nitrogens with zero attached hydrogens (tertiary/aromatic N) is 14. The van der Waals surface area contributed by atoms with E-state index in [1.165, 1.54) is 29.2 Å². The summed E-state index contributed by atoms with van der Waals surface area (Å²) in [5, 5.41) is 8.54.